The molecular formula is C21H25FN2O2. The van der Waals surface area contributed by atoms with Gasteiger partial charge in [-0.3, -0.25) is 4.79 Å². The van der Waals surface area contributed by atoms with Crippen LogP contribution in [0.5, 0.6) is 5.75 Å². The molecule has 5 heteroatoms. The van der Waals surface area contributed by atoms with E-state index in [0.717, 1.165) is 37.9 Å². The highest BCUT2D eigenvalue weighted by molar-refractivity contribution is 5.96. The molecule has 2 aromatic carbocycles. The normalized spacial score (nSPS) is 20.2. The van der Waals surface area contributed by atoms with E-state index in [4.69, 9.17) is 4.74 Å². The second-order valence-electron chi connectivity index (χ2n) is 6.78. The van der Waals surface area contributed by atoms with E-state index in [1.54, 1.807) is 31.4 Å². The molecule has 0 saturated carbocycles. The van der Waals surface area contributed by atoms with Gasteiger partial charge in [-0.25, -0.2) is 4.39 Å². The van der Waals surface area contributed by atoms with Gasteiger partial charge in [0.1, 0.15) is 11.6 Å². The van der Waals surface area contributed by atoms with Crippen LogP contribution in [0.2, 0.25) is 0 Å². The number of halogens is 1. The molecule has 1 amide bonds. The third-order valence-electron chi connectivity index (χ3n) is 5.17. The van der Waals surface area contributed by atoms with Gasteiger partial charge >= 0.3 is 0 Å². The molecule has 26 heavy (non-hydrogen) atoms. The van der Waals surface area contributed by atoms with Gasteiger partial charge in [-0.2, -0.15) is 0 Å². The smallest absolute Gasteiger partial charge is 0.255 e. The van der Waals surface area contributed by atoms with E-state index in [0.29, 0.717) is 17.9 Å². The fourth-order valence-electron chi connectivity index (χ4n) is 3.69. The van der Waals surface area contributed by atoms with Gasteiger partial charge in [-0.05, 0) is 62.2 Å². The van der Waals surface area contributed by atoms with Crippen LogP contribution in [0.3, 0.4) is 0 Å². The molecule has 138 valence electrons. The third kappa shape index (κ3) is 4.05. The molecule has 4 nitrogen and oxygen atoms in total. The van der Waals surface area contributed by atoms with Crippen LogP contribution in [0.4, 0.5) is 4.39 Å². The molecule has 3 rings (SSSR count). The summed E-state index contributed by atoms with van der Waals surface area (Å²) in [6.45, 7) is 2.26. The van der Waals surface area contributed by atoms with Crippen LogP contribution in [0, 0.1) is 5.82 Å². The quantitative estimate of drug-likeness (QED) is 0.864. The van der Waals surface area contributed by atoms with Crippen LogP contribution < -0.4 is 15.4 Å². The van der Waals surface area contributed by atoms with Crippen molar-refractivity contribution in [3.63, 3.8) is 0 Å². The van der Waals surface area contributed by atoms with Crippen LogP contribution >= 0.6 is 0 Å². The van der Waals surface area contributed by atoms with Crippen LogP contribution in [-0.2, 0) is 5.41 Å². The molecule has 0 bridgehead atoms. The first-order valence-electron chi connectivity index (χ1n) is 9.03. The summed E-state index contributed by atoms with van der Waals surface area (Å²) in [7, 11) is 1.55. The van der Waals surface area contributed by atoms with Crippen molar-refractivity contribution in [2.45, 2.75) is 24.7 Å². The van der Waals surface area contributed by atoms with E-state index in [2.05, 4.69) is 10.6 Å². The van der Waals surface area contributed by atoms with Crippen molar-refractivity contribution >= 4 is 5.91 Å². The molecule has 2 N–H and O–H groups in total. The molecule has 1 atom stereocenters. The Morgan fingerprint density at radius 3 is 2.85 bits per heavy atom. The first-order valence-corrected chi connectivity index (χ1v) is 9.03. The molecule has 0 aromatic heterocycles. The molecule has 2 aromatic rings. The lowest BCUT2D eigenvalue weighted by atomic mass is 9.74. The summed E-state index contributed by atoms with van der Waals surface area (Å²) >= 11 is 0. The lowest BCUT2D eigenvalue weighted by Crippen LogP contribution is -2.41. The number of ether oxygens (including phenoxy) is 1. The predicted molar refractivity (Wildman–Crippen MR) is 100 cm³/mol. The third-order valence-corrected chi connectivity index (χ3v) is 5.17. The van der Waals surface area contributed by atoms with Gasteiger partial charge in [-0.15, -0.1) is 0 Å². The molecule has 1 aliphatic rings. The highest BCUT2D eigenvalue weighted by Crippen LogP contribution is 2.34. The van der Waals surface area contributed by atoms with Crippen LogP contribution in [0.25, 0.3) is 0 Å². The van der Waals surface area contributed by atoms with Gasteiger partial charge in [0.05, 0.1) is 12.7 Å². The predicted octanol–water partition coefficient (Wildman–Crippen LogP) is 3.28. The standard InChI is InChI=1S/C21H25FN2O2/c1-26-19-9-3-2-8-18(19)20(25)24-15-21(10-5-12-23-13-11-21)16-6-4-7-17(22)14-16/h2-4,6-9,14,23H,5,10-13,15H2,1H3,(H,24,25). The summed E-state index contributed by atoms with van der Waals surface area (Å²) in [5.41, 5.74) is 1.18. The van der Waals surface area contributed by atoms with Crippen molar-refractivity contribution in [1.29, 1.82) is 0 Å². The zero-order valence-electron chi connectivity index (χ0n) is 15.1. The maximum Gasteiger partial charge on any atom is 0.255 e. The molecule has 1 heterocycles. The Hall–Kier alpha value is -2.40. The summed E-state index contributed by atoms with van der Waals surface area (Å²) in [4.78, 5) is 12.7. The number of nitrogens with one attached hydrogen (secondary N) is 2. The monoisotopic (exact) mass is 356 g/mol. The Morgan fingerprint density at radius 1 is 1.19 bits per heavy atom. The molecular weight excluding hydrogens is 331 g/mol. The second kappa shape index (κ2) is 8.32. The zero-order valence-corrected chi connectivity index (χ0v) is 15.1. The first-order chi connectivity index (χ1) is 12.6. The Kier molecular flexibility index (Phi) is 5.89. The van der Waals surface area contributed by atoms with E-state index in [9.17, 15) is 9.18 Å². The zero-order chi connectivity index (χ0) is 18.4. The maximum absolute atomic E-state index is 13.8. The highest BCUT2D eigenvalue weighted by Gasteiger charge is 2.33. The highest BCUT2D eigenvalue weighted by atomic mass is 19.1. The van der Waals surface area contributed by atoms with Crippen molar-refractivity contribution in [2.24, 2.45) is 0 Å². The summed E-state index contributed by atoms with van der Waals surface area (Å²) < 4.78 is 19.1. The molecule has 0 aliphatic carbocycles. The Bertz CT molecular complexity index is 755. The van der Waals surface area contributed by atoms with E-state index in [1.165, 1.54) is 6.07 Å². The van der Waals surface area contributed by atoms with Crippen molar-refractivity contribution in [3.05, 3.63) is 65.5 Å². The molecule has 1 aliphatic heterocycles. The van der Waals surface area contributed by atoms with Crippen molar-refractivity contribution in [2.75, 3.05) is 26.7 Å². The number of amides is 1. The molecule has 1 saturated heterocycles. The van der Waals surface area contributed by atoms with Gasteiger partial charge in [0, 0.05) is 12.0 Å². The summed E-state index contributed by atoms with van der Waals surface area (Å²) in [6, 6.07) is 13.9. The number of para-hydroxylation sites is 1. The van der Waals surface area contributed by atoms with Gasteiger partial charge in [-0.1, -0.05) is 24.3 Å². The lowest BCUT2D eigenvalue weighted by Gasteiger charge is -2.33. The van der Waals surface area contributed by atoms with Crippen LogP contribution in [0.15, 0.2) is 48.5 Å². The van der Waals surface area contributed by atoms with Crippen molar-refractivity contribution in [1.82, 2.24) is 10.6 Å². The number of carbonyl (C=O) groups excluding carboxylic acids is 1. The lowest BCUT2D eigenvalue weighted by molar-refractivity contribution is 0.0938. The van der Waals surface area contributed by atoms with Gasteiger partial charge in [0.2, 0.25) is 0 Å². The fraction of sp³-hybridized carbons (Fsp3) is 0.381. The Balaban J connectivity index is 1.83. The minimum Gasteiger partial charge on any atom is -0.496 e. The largest absolute Gasteiger partial charge is 0.496 e. The fourth-order valence-corrected chi connectivity index (χ4v) is 3.69. The van der Waals surface area contributed by atoms with Crippen LogP contribution in [-0.4, -0.2) is 32.7 Å². The summed E-state index contributed by atoms with van der Waals surface area (Å²) in [6.07, 6.45) is 2.74. The van der Waals surface area contributed by atoms with Gasteiger partial charge < -0.3 is 15.4 Å². The first kappa shape index (κ1) is 18.4. The van der Waals surface area contributed by atoms with E-state index < -0.39 is 0 Å². The van der Waals surface area contributed by atoms with Gasteiger partial charge in [0.25, 0.3) is 5.91 Å². The molecule has 0 radical (unpaired) electrons. The van der Waals surface area contributed by atoms with Gasteiger partial charge in [0.15, 0.2) is 0 Å². The van der Waals surface area contributed by atoms with Crippen LogP contribution in [0.1, 0.15) is 35.2 Å². The average molecular weight is 356 g/mol. The maximum atomic E-state index is 13.8. The second-order valence-corrected chi connectivity index (χ2v) is 6.78. The Labute approximate surface area is 153 Å². The van der Waals surface area contributed by atoms with E-state index in [1.807, 2.05) is 18.2 Å². The minimum atomic E-state index is -0.275. The number of rotatable bonds is 5. The number of methoxy groups -OCH3 is 1. The van der Waals surface area contributed by atoms with E-state index in [-0.39, 0.29) is 17.1 Å². The Morgan fingerprint density at radius 2 is 2.04 bits per heavy atom. The van der Waals surface area contributed by atoms with Crippen molar-refractivity contribution < 1.29 is 13.9 Å². The topological polar surface area (TPSA) is 50.4 Å². The summed E-state index contributed by atoms with van der Waals surface area (Å²) in [5, 5.41) is 6.46. The van der Waals surface area contributed by atoms with Crippen molar-refractivity contribution in [3.8, 4) is 5.75 Å². The molecule has 1 fully saturated rings. The molecule has 0 spiro atoms. The SMILES string of the molecule is COc1ccccc1C(=O)NCC1(c2cccc(F)c2)CCCNCC1. The number of hydrogen-bond acceptors (Lipinski definition) is 3. The molecule has 1 unspecified atom stereocenters. The number of benzene rings is 2. The summed E-state index contributed by atoms with van der Waals surface area (Å²) in [5.74, 6) is 0.137. The minimum absolute atomic E-state index is 0.171. The average Bonchev–Trinajstić information content (AvgIpc) is 2.93. The number of carbonyl (C=O) groups is 1. The van der Waals surface area contributed by atoms with E-state index >= 15 is 0 Å². The number of hydrogen-bond donors (Lipinski definition) is 2.